The van der Waals surface area contributed by atoms with Crippen molar-refractivity contribution in [3.8, 4) is 0 Å². The maximum atomic E-state index is 12.1. The molecule has 0 unspecified atom stereocenters. The Kier molecular flexibility index (Phi) is 3.75. The number of nitrogens with zero attached hydrogens (tertiary/aromatic N) is 1. The van der Waals surface area contributed by atoms with Crippen molar-refractivity contribution in [1.29, 1.82) is 0 Å². The van der Waals surface area contributed by atoms with E-state index in [-0.39, 0.29) is 5.91 Å². The summed E-state index contributed by atoms with van der Waals surface area (Å²) in [7, 11) is 0. The van der Waals surface area contributed by atoms with E-state index in [0.717, 1.165) is 11.6 Å². The van der Waals surface area contributed by atoms with Gasteiger partial charge in [0.1, 0.15) is 12.2 Å². The second kappa shape index (κ2) is 5.69. The van der Waals surface area contributed by atoms with E-state index in [4.69, 9.17) is 0 Å². The maximum Gasteiger partial charge on any atom is 0.358 e. The number of thiophene rings is 1. The molecule has 0 radical (unpaired) electrons. The van der Waals surface area contributed by atoms with Crippen LogP contribution in [-0.4, -0.2) is 23.3 Å². The van der Waals surface area contributed by atoms with Crippen molar-refractivity contribution in [1.82, 2.24) is 4.90 Å². The minimum atomic E-state index is 0.0937. The topological polar surface area (TPSA) is 46.3 Å². The van der Waals surface area contributed by atoms with Crippen LogP contribution in [0.25, 0.3) is 0 Å². The summed E-state index contributed by atoms with van der Waals surface area (Å²) >= 11 is 1.66. The quantitative estimate of drug-likeness (QED) is 0.896. The van der Waals surface area contributed by atoms with Crippen LogP contribution in [-0.2, 0) is 11.3 Å². The summed E-state index contributed by atoms with van der Waals surface area (Å²) in [5, 5.41) is 5.39. The van der Waals surface area contributed by atoms with Gasteiger partial charge >= 0.3 is 11.9 Å². The molecule has 0 saturated carbocycles. The first kappa shape index (κ1) is 13.8. The zero-order chi connectivity index (χ0) is 14.8. The highest BCUT2D eigenvalue weighted by Crippen LogP contribution is 2.19. The first-order valence-electron chi connectivity index (χ1n) is 6.92. The van der Waals surface area contributed by atoms with E-state index in [1.54, 1.807) is 16.2 Å². The van der Waals surface area contributed by atoms with Gasteiger partial charge in [0.2, 0.25) is 0 Å². The highest BCUT2D eigenvalue weighted by Gasteiger charge is 2.33. The van der Waals surface area contributed by atoms with Gasteiger partial charge in [-0.05, 0) is 42.5 Å². The van der Waals surface area contributed by atoms with Crippen LogP contribution in [0.15, 0.2) is 35.7 Å². The van der Waals surface area contributed by atoms with Crippen LogP contribution in [0.1, 0.15) is 16.0 Å². The van der Waals surface area contributed by atoms with Crippen molar-refractivity contribution >= 4 is 28.9 Å². The van der Waals surface area contributed by atoms with Gasteiger partial charge in [-0.15, -0.1) is 11.3 Å². The van der Waals surface area contributed by atoms with Crippen molar-refractivity contribution < 1.29 is 9.79 Å². The van der Waals surface area contributed by atoms with Crippen LogP contribution < -0.4 is 10.3 Å². The number of anilines is 1. The molecule has 1 aliphatic rings. The van der Waals surface area contributed by atoms with Gasteiger partial charge in [0, 0.05) is 4.88 Å². The van der Waals surface area contributed by atoms with Gasteiger partial charge < -0.3 is 0 Å². The van der Waals surface area contributed by atoms with Gasteiger partial charge in [-0.3, -0.25) is 9.79 Å². The fourth-order valence-corrected chi connectivity index (χ4v) is 3.02. The Bertz CT molecular complexity index is 692. The number of amides is 1. The number of hydrogen-bond donors (Lipinski definition) is 2. The lowest BCUT2D eigenvalue weighted by atomic mass is 10.1. The highest BCUT2D eigenvalue weighted by atomic mass is 32.1. The smallest absolute Gasteiger partial charge is 0.266 e. The largest absolute Gasteiger partial charge is 0.358 e. The lowest BCUT2D eigenvalue weighted by molar-refractivity contribution is -0.438. The third-order valence-electron chi connectivity index (χ3n) is 3.73. The molecule has 2 N–H and O–H groups in total. The van der Waals surface area contributed by atoms with Crippen molar-refractivity contribution in [2.24, 2.45) is 0 Å². The van der Waals surface area contributed by atoms with Gasteiger partial charge in [0.05, 0.1) is 0 Å². The lowest BCUT2D eigenvalue weighted by Crippen LogP contribution is -2.72. The average Bonchev–Trinajstić information content (AvgIpc) is 3.09. The van der Waals surface area contributed by atoms with Gasteiger partial charge in [0.15, 0.2) is 6.54 Å². The van der Waals surface area contributed by atoms with E-state index >= 15 is 0 Å². The van der Waals surface area contributed by atoms with Gasteiger partial charge in [-0.2, -0.15) is 4.90 Å². The normalized spacial score (nSPS) is 14.5. The van der Waals surface area contributed by atoms with E-state index < -0.39 is 0 Å². The minimum absolute atomic E-state index is 0.0937. The predicted molar refractivity (Wildman–Crippen MR) is 85.2 cm³/mol. The summed E-state index contributed by atoms with van der Waals surface area (Å²) in [6.07, 6.45) is 0. The van der Waals surface area contributed by atoms with Crippen LogP contribution >= 0.6 is 11.3 Å². The lowest BCUT2D eigenvalue weighted by Gasteiger charge is -2.13. The zero-order valence-electron chi connectivity index (χ0n) is 12.1. The molecule has 1 amide bonds. The molecule has 0 spiro atoms. The molecule has 2 heterocycles. The summed E-state index contributed by atoms with van der Waals surface area (Å²) in [5.74, 6) is 0.860. The number of carbonyl (C=O) groups excluding carboxylic acids is 1. The zero-order valence-corrected chi connectivity index (χ0v) is 13.0. The summed E-state index contributed by atoms with van der Waals surface area (Å²) in [4.78, 5) is 18.2. The number of rotatable bonds is 3. The monoisotopic (exact) mass is 300 g/mol. The molecule has 21 heavy (non-hydrogen) atoms. The average molecular weight is 300 g/mol. The fraction of sp³-hybridized carbons (Fsp3) is 0.250. The molecular formula is C16H18N3OS+. The van der Waals surface area contributed by atoms with E-state index in [9.17, 15) is 4.79 Å². The third-order valence-corrected chi connectivity index (χ3v) is 4.59. The number of carbonyl (C=O) groups is 1. The van der Waals surface area contributed by atoms with E-state index in [0.29, 0.717) is 13.1 Å². The Morgan fingerprint density at radius 1 is 1.29 bits per heavy atom. The Balaban J connectivity index is 1.80. The Morgan fingerprint density at radius 2 is 2.14 bits per heavy atom. The van der Waals surface area contributed by atoms with Crippen molar-refractivity contribution in [2.75, 3.05) is 11.9 Å². The number of nitrogens with one attached hydrogen (secondary N) is 2. The summed E-state index contributed by atoms with van der Waals surface area (Å²) in [5.41, 5.74) is 3.46. The van der Waals surface area contributed by atoms with E-state index in [2.05, 4.69) is 30.2 Å². The predicted octanol–water partition coefficient (Wildman–Crippen LogP) is 1.26. The van der Waals surface area contributed by atoms with Crippen molar-refractivity contribution in [2.45, 2.75) is 20.4 Å². The molecule has 0 fully saturated rings. The standard InChI is InChI=1S/C16H17N3OS/c1-11-5-3-7-14(12(11)2)18-16-17-9-15(20)19(16)10-13-6-4-8-21-13/h3-8H,9-10H2,1-2H3,(H,17,18)/p+1. The second-order valence-electron chi connectivity index (χ2n) is 5.13. The Hall–Kier alpha value is -2.14. The first-order chi connectivity index (χ1) is 10.1. The number of guanidine groups is 1. The molecule has 1 aromatic carbocycles. The minimum Gasteiger partial charge on any atom is -0.266 e. The highest BCUT2D eigenvalue weighted by molar-refractivity contribution is 7.09. The SMILES string of the molecule is Cc1cccc(NC2=[NH+]CC(=O)N2Cc2cccs2)c1C. The fourth-order valence-electron chi connectivity index (χ4n) is 2.33. The Labute approximate surface area is 128 Å². The molecule has 0 aliphatic carbocycles. The molecule has 0 bridgehead atoms. The molecule has 2 aromatic rings. The third kappa shape index (κ3) is 2.83. The van der Waals surface area contributed by atoms with Crippen LogP contribution in [0.2, 0.25) is 0 Å². The van der Waals surface area contributed by atoms with Crippen LogP contribution in [0, 0.1) is 13.8 Å². The molecule has 108 valence electrons. The van der Waals surface area contributed by atoms with Gasteiger partial charge in [-0.1, -0.05) is 18.2 Å². The van der Waals surface area contributed by atoms with E-state index in [1.807, 2.05) is 29.6 Å². The van der Waals surface area contributed by atoms with Gasteiger partial charge in [-0.25, -0.2) is 5.32 Å². The summed E-state index contributed by atoms with van der Waals surface area (Å²) in [6.45, 7) is 5.12. The first-order valence-corrected chi connectivity index (χ1v) is 7.80. The number of aryl methyl sites for hydroxylation is 1. The molecule has 3 rings (SSSR count). The molecule has 0 saturated heterocycles. The van der Waals surface area contributed by atoms with Crippen LogP contribution in [0.4, 0.5) is 5.69 Å². The Morgan fingerprint density at radius 3 is 2.90 bits per heavy atom. The summed E-state index contributed by atoms with van der Waals surface area (Å²) in [6, 6.07) is 10.2. The van der Waals surface area contributed by atoms with Crippen LogP contribution in [0.5, 0.6) is 0 Å². The molecule has 4 nitrogen and oxygen atoms in total. The second-order valence-corrected chi connectivity index (χ2v) is 6.17. The molecule has 5 heteroatoms. The van der Waals surface area contributed by atoms with E-state index in [1.165, 1.54) is 16.0 Å². The molecule has 1 aliphatic heterocycles. The summed E-state index contributed by atoms with van der Waals surface area (Å²) < 4.78 is 0. The maximum absolute atomic E-state index is 12.1. The molecular weight excluding hydrogens is 282 g/mol. The number of benzene rings is 1. The number of hydrogen-bond acceptors (Lipinski definition) is 3. The van der Waals surface area contributed by atoms with Gasteiger partial charge in [0.25, 0.3) is 0 Å². The molecule has 0 atom stereocenters. The molecule has 1 aromatic heterocycles. The van der Waals surface area contributed by atoms with Crippen molar-refractivity contribution in [3.63, 3.8) is 0 Å². The van der Waals surface area contributed by atoms with Crippen LogP contribution in [0.3, 0.4) is 0 Å². The van der Waals surface area contributed by atoms with Crippen molar-refractivity contribution in [3.05, 3.63) is 51.7 Å².